The van der Waals surface area contributed by atoms with Gasteiger partial charge >= 0.3 is 5.69 Å². The summed E-state index contributed by atoms with van der Waals surface area (Å²) in [5.41, 5.74) is 1.89. The molecule has 4 aromatic rings. The molecule has 0 aliphatic carbocycles. The van der Waals surface area contributed by atoms with Crippen molar-refractivity contribution in [1.29, 1.82) is 0 Å². The molecule has 0 saturated heterocycles. The van der Waals surface area contributed by atoms with Crippen LogP contribution in [0.25, 0.3) is 11.0 Å². The summed E-state index contributed by atoms with van der Waals surface area (Å²) in [5, 5.41) is 2.69. The average Bonchev–Trinajstić information content (AvgIpc) is 3.05. The Morgan fingerprint density at radius 3 is 2.24 bits per heavy atom. The van der Waals surface area contributed by atoms with Crippen LogP contribution >= 0.6 is 0 Å². The zero-order valence-corrected chi connectivity index (χ0v) is 18.8. The van der Waals surface area contributed by atoms with E-state index in [0.29, 0.717) is 11.8 Å². The fourth-order valence-corrected chi connectivity index (χ4v) is 4.57. The topological polar surface area (TPSA) is 102 Å². The molecule has 0 atom stereocenters. The van der Waals surface area contributed by atoms with Gasteiger partial charge in [0, 0.05) is 31.4 Å². The van der Waals surface area contributed by atoms with E-state index in [1.807, 2.05) is 24.3 Å². The normalized spacial score (nSPS) is 11.5. The molecule has 1 amide bonds. The molecule has 0 aliphatic heterocycles. The van der Waals surface area contributed by atoms with Gasteiger partial charge in [0.05, 0.1) is 15.9 Å². The largest absolute Gasteiger partial charge is 0.328 e. The number of para-hydroxylation sites is 2. The first-order valence-corrected chi connectivity index (χ1v) is 11.7. The maximum atomic E-state index is 13.4. The van der Waals surface area contributed by atoms with E-state index in [-0.39, 0.29) is 30.2 Å². The van der Waals surface area contributed by atoms with Crippen molar-refractivity contribution in [2.75, 3.05) is 10.0 Å². The van der Waals surface area contributed by atoms with Crippen LogP contribution in [-0.4, -0.2) is 23.5 Å². The van der Waals surface area contributed by atoms with Crippen molar-refractivity contribution in [1.82, 2.24) is 9.13 Å². The lowest BCUT2D eigenvalue weighted by Crippen LogP contribution is -2.24. The van der Waals surface area contributed by atoms with Crippen molar-refractivity contribution in [2.45, 2.75) is 17.9 Å². The van der Waals surface area contributed by atoms with Gasteiger partial charge in [-0.3, -0.25) is 18.7 Å². The Morgan fingerprint density at radius 2 is 1.56 bits per heavy atom. The van der Waals surface area contributed by atoms with Crippen molar-refractivity contribution in [3.05, 3.63) is 88.8 Å². The predicted octanol–water partition coefficient (Wildman–Crippen LogP) is 3.45. The first kappa shape index (κ1) is 23.2. The molecule has 0 radical (unpaired) electrons. The highest BCUT2D eigenvalue weighted by Crippen LogP contribution is 2.20. The molecular formula is C23H20F2N4O4S. The van der Waals surface area contributed by atoms with Gasteiger partial charge in [-0.25, -0.2) is 22.0 Å². The van der Waals surface area contributed by atoms with Crippen molar-refractivity contribution < 1.29 is 22.0 Å². The fourth-order valence-electron chi connectivity index (χ4n) is 3.50. The molecule has 0 bridgehead atoms. The molecule has 1 heterocycles. The van der Waals surface area contributed by atoms with E-state index in [1.54, 1.807) is 7.05 Å². The Balaban J connectivity index is 1.39. The van der Waals surface area contributed by atoms with Gasteiger partial charge in [0.1, 0.15) is 0 Å². The van der Waals surface area contributed by atoms with E-state index in [2.05, 4.69) is 10.0 Å². The van der Waals surface area contributed by atoms with E-state index in [0.717, 1.165) is 23.2 Å². The number of amides is 1. The highest BCUT2D eigenvalue weighted by molar-refractivity contribution is 7.92. The maximum absolute atomic E-state index is 13.4. The van der Waals surface area contributed by atoms with Gasteiger partial charge < -0.3 is 5.32 Å². The minimum atomic E-state index is -4.13. The molecule has 0 unspecified atom stereocenters. The van der Waals surface area contributed by atoms with Crippen LogP contribution in [0, 0.1) is 11.6 Å². The molecule has 0 saturated carbocycles. The Bertz CT molecular complexity index is 1540. The molecule has 34 heavy (non-hydrogen) atoms. The third-order valence-corrected chi connectivity index (χ3v) is 6.62. The van der Waals surface area contributed by atoms with Gasteiger partial charge in [0.15, 0.2) is 11.6 Å². The summed E-state index contributed by atoms with van der Waals surface area (Å²) in [4.78, 5) is 24.4. The van der Waals surface area contributed by atoms with Crippen LogP contribution in [0.4, 0.5) is 20.2 Å². The predicted molar refractivity (Wildman–Crippen MR) is 124 cm³/mol. The van der Waals surface area contributed by atoms with Crippen molar-refractivity contribution in [2.24, 2.45) is 7.05 Å². The molecule has 1 aromatic heterocycles. The highest BCUT2D eigenvalue weighted by atomic mass is 32.2. The molecule has 4 rings (SSSR count). The van der Waals surface area contributed by atoms with Crippen LogP contribution in [0.3, 0.4) is 0 Å². The van der Waals surface area contributed by atoms with Gasteiger partial charge in [-0.05, 0) is 54.6 Å². The number of anilines is 2. The third-order valence-electron chi connectivity index (χ3n) is 5.24. The Labute approximate surface area is 193 Å². The summed E-state index contributed by atoms with van der Waals surface area (Å²) in [6, 6.07) is 15.4. The number of imidazole rings is 1. The highest BCUT2D eigenvalue weighted by Gasteiger charge is 2.17. The molecule has 2 N–H and O–H groups in total. The summed E-state index contributed by atoms with van der Waals surface area (Å²) in [5.74, 6) is -2.74. The number of aromatic nitrogens is 2. The second-order valence-corrected chi connectivity index (χ2v) is 9.22. The van der Waals surface area contributed by atoms with Crippen LogP contribution in [0.15, 0.2) is 76.4 Å². The number of aryl methyl sites for hydroxylation is 2. The van der Waals surface area contributed by atoms with Crippen LogP contribution < -0.4 is 15.7 Å². The summed E-state index contributed by atoms with van der Waals surface area (Å²) >= 11 is 0. The number of carbonyl (C=O) groups excluding carboxylic acids is 1. The smallest absolute Gasteiger partial charge is 0.326 e. The van der Waals surface area contributed by atoms with Gasteiger partial charge in [-0.15, -0.1) is 0 Å². The summed E-state index contributed by atoms with van der Waals surface area (Å²) in [6.45, 7) is 0.193. The first-order valence-electron chi connectivity index (χ1n) is 10.2. The number of nitrogens with one attached hydrogen (secondary N) is 2. The second-order valence-electron chi connectivity index (χ2n) is 7.54. The SMILES string of the molecule is Cn1c(=O)n(CCC(=O)Nc2ccc(NS(=O)(=O)c3ccc(F)c(F)c3)cc2)c2ccccc21. The number of halogens is 2. The minimum Gasteiger partial charge on any atom is -0.326 e. The molecule has 176 valence electrons. The van der Waals surface area contributed by atoms with Crippen molar-refractivity contribution >= 4 is 38.3 Å². The van der Waals surface area contributed by atoms with Crippen molar-refractivity contribution in [3.63, 3.8) is 0 Å². The lowest BCUT2D eigenvalue weighted by Gasteiger charge is -2.10. The zero-order valence-electron chi connectivity index (χ0n) is 18.0. The Hall–Kier alpha value is -3.99. The number of hydrogen-bond donors (Lipinski definition) is 2. The summed E-state index contributed by atoms with van der Waals surface area (Å²) in [6.07, 6.45) is 0.0540. The molecule has 0 aliphatic rings. The third kappa shape index (κ3) is 4.69. The van der Waals surface area contributed by atoms with Crippen LogP contribution in [0.5, 0.6) is 0 Å². The molecule has 3 aromatic carbocycles. The van der Waals surface area contributed by atoms with Gasteiger partial charge in [-0.1, -0.05) is 12.1 Å². The number of carbonyl (C=O) groups is 1. The number of nitrogens with zero attached hydrogens (tertiary/aromatic N) is 2. The number of fused-ring (bicyclic) bond motifs is 1. The van der Waals surface area contributed by atoms with Crippen LogP contribution in [0.1, 0.15) is 6.42 Å². The standard InChI is InChI=1S/C23H20F2N4O4S/c1-28-20-4-2-3-5-21(20)29(23(28)31)13-12-22(30)26-15-6-8-16(9-7-15)27-34(32,33)17-10-11-18(24)19(25)14-17/h2-11,14,27H,12-13H2,1H3,(H,26,30). The quantitative estimate of drug-likeness (QED) is 0.418. The van der Waals surface area contributed by atoms with Gasteiger partial charge in [0.25, 0.3) is 10.0 Å². The molecular weight excluding hydrogens is 466 g/mol. The van der Waals surface area contributed by atoms with Crippen LogP contribution in [-0.2, 0) is 28.4 Å². The van der Waals surface area contributed by atoms with E-state index in [1.165, 1.54) is 33.4 Å². The average molecular weight is 487 g/mol. The number of hydrogen-bond acceptors (Lipinski definition) is 4. The fraction of sp³-hybridized carbons (Fsp3) is 0.130. The van der Waals surface area contributed by atoms with E-state index < -0.39 is 26.6 Å². The number of benzene rings is 3. The molecule has 0 fully saturated rings. The lowest BCUT2D eigenvalue weighted by molar-refractivity contribution is -0.116. The van der Waals surface area contributed by atoms with Gasteiger partial charge in [0.2, 0.25) is 5.91 Å². The number of rotatable bonds is 7. The summed E-state index contributed by atoms with van der Waals surface area (Å²) < 4.78 is 56.5. The van der Waals surface area contributed by atoms with E-state index in [9.17, 15) is 26.8 Å². The van der Waals surface area contributed by atoms with E-state index >= 15 is 0 Å². The molecule has 0 spiro atoms. The monoisotopic (exact) mass is 486 g/mol. The molecule has 11 heteroatoms. The Kier molecular flexibility index (Phi) is 6.20. The Morgan fingerprint density at radius 1 is 0.912 bits per heavy atom. The zero-order chi connectivity index (χ0) is 24.5. The van der Waals surface area contributed by atoms with E-state index in [4.69, 9.17) is 0 Å². The van der Waals surface area contributed by atoms with Crippen LogP contribution in [0.2, 0.25) is 0 Å². The lowest BCUT2D eigenvalue weighted by atomic mass is 10.2. The molecule has 8 nitrogen and oxygen atoms in total. The second kappa shape index (κ2) is 9.10. The maximum Gasteiger partial charge on any atom is 0.328 e. The number of sulfonamides is 1. The van der Waals surface area contributed by atoms with Gasteiger partial charge in [-0.2, -0.15) is 0 Å². The first-order chi connectivity index (χ1) is 16.2. The minimum absolute atomic E-state index is 0.0540. The van der Waals surface area contributed by atoms with Crippen molar-refractivity contribution in [3.8, 4) is 0 Å². The summed E-state index contributed by atoms with van der Waals surface area (Å²) in [7, 11) is -2.46.